The molecule has 0 aliphatic rings. The maximum atomic E-state index is 11.2. The average molecular weight is 214 g/mol. The minimum atomic E-state index is -0.329. The summed E-state index contributed by atoms with van der Waals surface area (Å²) in [5.74, 6) is 0.369. The van der Waals surface area contributed by atoms with Crippen molar-refractivity contribution in [3.05, 3.63) is 11.8 Å². The van der Waals surface area contributed by atoms with Crippen LogP contribution in [-0.4, -0.2) is 19.2 Å². The fraction of sp³-hybridized carbons (Fsp3) is 0.750. The Hall–Kier alpha value is -0.990. The SMILES string of the molecule is CCOC(=O)/C=C(\CC(C)(C)C)OCC. The lowest BCUT2D eigenvalue weighted by Gasteiger charge is -2.20. The zero-order chi connectivity index (χ0) is 11.9. The molecule has 0 unspecified atom stereocenters. The molecule has 0 N–H and O–H groups in total. The van der Waals surface area contributed by atoms with E-state index in [4.69, 9.17) is 9.47 Å². The van der Waals surface area contributed by atoms with Crippen molar-refractivity contribution in [2.75, 3.05) is 13.2 Å². The van der Waals surface area contributed by atoms with Gasteiger partial charge in [-0.2, -0.15) is 0 Å². The average Bonchev–Trinajstić information content (AvgIpc) is 2.01. The molecule has 0 aliphatic heterocycles. The Morgan fingerprint density at radius 2 is 1.67 bits per heavy atom. The first-order chi connectivity index (χ1) is 6.89. The molecule has 0 aliphatic carbocycles. The van der Waals surface area contributed by atoms with Crippen molar-refractivity contribution in [1.29, 1.82) is 0 Å². The van der Waals surface area contributed by atoms with Gasteiger partial charge in [0.15, 0.2) is 0 Å². The number of ether oxygens (including phenoxy) is 2. The van der Waals surface area contributed by atoms with Crippen LogP contribution in [0.15, 0.2) is 11.8 Å². The van der Waals surface area contributed by atoms with Gasteiger partial charge >= 0.3 is 5.97 Å². The van der Waals surface area contributed by atoms with Crippen molar-refractivity contribution < 1.29 is 14.3 Å². The normalized spacial score (nSPS) is 12.5. The number of rotatable bonds is 5. The van der Waals surface area contributed by atoms with Gasteiger partial charge in [0, 0.05) is 6.42 Å². The summed E-state index contributed by atoms with van der Waals surface area (Å²) in [6, 6.07) is 0. The van der Waals surface area contributed by atoms with Gasteiger partial charge in [0.05, 0.1) is 19.3 Å². The van der Waals surface area contributed by atoms with Crippen molar-refractivity contribution in [3.8, 4) is 0 Å². The van der Waals surface area contributed by atoms with Crippen LogP contribution in [0.2, 0.25) is 0 Å². The second kappa shape index (κ2) is 6.49. The van der Waals surface area contributed by atoms with Crippen LogP contribution < -0.4 is 0 Å². The lowest BCUT2D eigenvalue weighted by Crippen LogP contribution is -2.10. The predicted octanol–water partition coefficient (Wildman–Crippen LogP) is 2.91. The molecule has 3 nitrogen and oxygen atoms in total. The quantitative estimate of drug-likeness (QED) is 0.401. The predicted molar refractivity (Wildman–Crippen MR) is 60.4 cm³/mol. The second-order valence-corrected chi connectivity index (χ2v) is 4.53. The molecule has 0 spiro atoms. The van der Waals surface area contributed by atoms with Gasteiger partial charge in [-0.25, -0.2) is 4.79 Å². The van der Waals surface area contributed by atoms with Crippen molar-refractivity contribution >= 4 is 5.97 Å². The van der Waals surface area contributed by atoms with Crippen molar-refractivity contribution in [2.24, 2.45) is 5.41 Å². The number of hydrogen-bond donors (Lipinski definition) is 0. The molecule has 15 heavy (non-hydrogen) atoms. The Labute approximate surface area is 92.5 Å². The van der Waals surface area contributed by atoms with Gasteiger partial charge in [-0.1, -0.05) is 20.8 Å². The maximum absolute atomic E-state index is 11.2. The minimum Gasteiger partial charge on any atom is -0.498 e. The highest BCUT2D eigenvalue weighted by Crippen LogP contribution is 2.24. The molecule has 3 heteroatoms. The molecule has 0 aromatic heterocycles. The third-order valence-corrected chi connectivity index (χ3v) is 1.60. The molecule has 0 bridgehead atoms. The summed E-state index contributed by atoms with van der Waals surface area (Å²) in [4.78, 5) is 11.2. The Morgan fingerprint density at radius 1 is 1.13 bits per heavy atom. The summed E-state index contributed by atoms with van der Waals surface area (Å²) in [6.45, 7) is 11.0. The van der Waals surface area contributed by atoms with Crippen LogP contribution in [-0.2, 0) is 14.3 Å². The summed E-state index contributed by atoms with van der Waals surface area (Å²) in [7, 11) is 0. The lowest BCUT2D eigenvalue weighted by molar-refractivity contribution is -0.137. The van der Waals surface area contributed by atoms with E-state index in [1.165, 1.54) is 6.08 Å². The number of hydrogen-bond acceptors (Lipinski definition) is 3. The molecule has 0 aromatic rings. The van der Waals surface area contributed by atoms with E-state index in [-0.39, 0.29) is 11.4 Å². The molecule has 88 valence electrons. The Bertz CT molecular complexity index is 224. The fourth-order valence-electron chi connectivity index (χ4n) is 1.17. The zero-order valence-electron chi connectivity index (χ0n) is 10.4. The van der Waals surface area contributed by atoms with Gasteiger partial charge < -0.3 is 9.47 Å². The Balaban J connectivity index is 4.43. The molecule has 0 saturated carbocycles. The summed E-state index contributed by atoms with van der Waals surface area (Å²) in [5.41, 5.74) is 0.105. The van der Waals surface area contributed by atoms with E-state index >= 15 is 0 Å². The second-order valence-electron chi connectivity index (χ2n) is 4.53. The standard InChI is InChI=1S/C12H22O3/c1-6-14-10(9-12(3,4)5)8-11(13)15-7-2/h8H,6-7,9H2,1-5H3/b10-8+. The highest BCUT2D eigenvalue weighted by Gasteiger charge is 2.15. The molecular weight excluding hydrogens is 192 g/mol. The summed E-state index contributed by atoms with van der Waals surface area (Å²) < 4.78 is 10.2. The molecule has 0 saturated heterocycles. The van der Waals surface area contributed by atoms with E-state index in [1.807, 2.05) is 6.92 Å². The molecule has 0 radical (unpaired) electrons. The summed E-state index contributed by atoms with van der Waals surface area (Å²) >= 11 is 0. The summed E-state index contributed by atoms with van der Waals surface area (Å²) in [6.07, 6.45) is 2.18. The van der Waals surface area contributed by atoms with Crippen LogP contribution in [0.5, 0.6) is 0 Å². The lowest BCUT2D eigenvalue weighted by atomic mass is 9.91. The van der Waals surface area contributed by atoms with E-state index in [0.29, 0.717) is 19.0 Å². The largest absolute Gasteiger partial charge is 0.498 e. The topological polar surface area (TPSA) is 35.5 Å². The molecule has 0 rings (SSSR count). The first kappa shape index (κ1) is 14.0. The molecule has 0 amide bonds. The molecule has 0 aromatic carbocycles. The van der Waals surface area contributed by atoms with Crippen molar-refractivity contribution in [2.45, 2.75) is 41.0 Å². The van der Waals surface area contributed by atoms with E-state index < -0.39 is 0 Å². The first-order valence-electron chi connectivity index (χ1n) is 5.39. The first-order valence-corrected chi connectivity index (χ1v) is 5.39. The maximum Gasteiger partial charge on any atom is 0.334 e. The van der Waals surface area contributed by atoms with Crippen LogP contribution in [0.1, 0.15) is 41.0 Å². The van der Waals surface area contributed by atoms with E-state index in [2.05, 4.69) is 20.8 Å². The zero-order valence-corrected chi connectivity index (χ0v) is 10.4. The minimum absolute atomic E-state index is 0.105. The van der Waals surface area contributed by atoms with Crippen LogP contribution in [0.3, 0.4) is 0 Å². The van der Waals surface area contributed by atoms with Gasteiger partial charge in [-0.15, -0.1) is 0 Å². The highest BCUT2D eigenvalue weighted by molar-refractivity contribution is 5.82. The van der Waals surface area contributed by atoms with Gasteiger partial charge in [-0.3, -0.25) is 0 Å². The van der Waals surface area contributed by atoms with E-state index in [9.17, 15) is 4.79 Å². The molecular formula is C12H22O3. The van der Waals surface area contributed by atoms with Crippen LogP contribution >= 0.6 is 0 Å². The Kier molecular flexibility index (Phi) is 6.06. The molecule has 0 atom stereocenters. The third-order valence-electron chi connectivity index (χ3n) is 1.60. The van der Waals surface area contributed by atoms with Crippen LogP contribution in [0.4, 0.5) is 0 Å². The van der Waals surface area contributed by atoms with Crippen LogP contribution in [0.25, 0.3) is 0 Å². The van der Waals surface area contributed by atoms with Gasteiger partial charge in [0.25, 0.3) is 0 Å². The van der Waals surface area contributed by atoms with Crippen molar-refractivity contribution in [3.63, 3.8) is 0 Å². The Morgan fingerprint density at radius 3 is 2.07 bits per heavy atom. The van der Waals surface area contributed by atoms with E-state index in [1.54, 1.807) is 6.92 Å². The molecule has 0 fully saturated rings. The van der Waals surface area contributed by atoms with Crippen molar-refractivity contribution in [1.82, 2.24) is 0 Å². The fourth-order valence-corrected chi connectivity index (χ4v) is 1.17. The summed E-state index contributed by atoms with van der Waals surface area (Å²) in [5, 5.41) is 0. The third kappa shape index (κ3) is 8.03. The number of esters is 1. The number of carbonyl (C=O) groups excluding carboxylic acids is 1. The van der Waals surface area contributed by atoms with Gasteiger partial charge in [-0.05, 0) is 19.3 Å². The monoisotopic (exact) mass is 214 g/mol. The number of allylic oxidation sites excluding steroid dienone is 1. The van der Waals surface area contributed by atoms with Crippen LogP contribution in [0, 0.1) is 5.41 Å². The number of carbonyl (C=O) groups is 1. The smallest absolute Gasteiger partial charge is 0.334 e. The highest BCUT2D eigenvalue weighted by atomic mass is 16.5. The van der Waals surface area contributed by atoms with Gasteiger partial charge in [0.2, 0.25) is 0 Å². The molecule has 0 heterocycles. The van der Waals surface area contributed by atoms with E-state index in [0.717, 1.165) is 6.42 Å². The van der Waals surface area contributed by atoms with Gasteiger partial charge in [0.1, 0.15) is 5.76 Å².